The molecule has 0 N–H and O–H groups in total. The number of ether oxygens (including phenoxy) is 1. The third-order valence-electron chi connectivity index (χ3n) is 3.28. The van der Waals surface area contributed by atoms with Crippen molar-refractivity contribution in [1.29, 1.82) is 0 Å². The van der Waals surface area contributed by atoms with Crippen LogP contribution in [0.1, 0.15) is 12.8 Å². The fourth-order valence-corrected chi connectivity index (χ4v) is 3.04. The number of halogens is 1. The fourth-order valence-electron chi connectivity index (χ4n) is 1.99. The molecule has 6 heteroatoms. The summed E-state index contributed by atoms with van der Waals surface area (Å²) in [7, 11) is -1.21. The van der Waals surface area contributed by atoms with Crippen molar-refractivity contribution >= 4 is 32.1 Å². The van der Waals surface area contributed by atoms with Gasteiger partial charge in [-0.2, -0.15) is 0 Å². The Bertz CT molecular complexity index is 319. The molecule has 0 aromatic heterocycles. The smallest absolute Gasteiger partial charge is 0.410 e. The van der Waals surface area contributed by atoms with Crippen molar-refractivity contribution in [2.45, 2.75) is 44.1 Å². The van der Waals surface area contributed by atoms with Crippen LogP contribution in [0.25, 0.3) is 0 Å². The van der Waals surface area contributed by atoms with E-state index in [0.29, 0.717) is 19.6 Å². The summed E-state index contributed by atoms with van der Waals surface area (Å²) in [6.45, 7) is 7.67. The Hall–Kier alpha value is -0.553. The van der Waals surface area contributed by atoms with Gasteiger partial charge in [0.2, 0.25) is 0 Å². The number of rotatable bonds is 5. The highest BCUT2D eigenvalue weighted by molar-refractivity contribution is 6.76. The first kappa shape index (κ1) is 15.5. The number of alkyl halides is 1. The van der Waals surface area contributed by atoms with Crippen LogP contribution in [-0.4, -0.2) is 49.9 Å². The lowest BCUT2D eigenvalue weighted by Gasteiger charge is -2.31. The van der Waals surface area contributed by atoms with Crippen LogP contribution in [0.5, 0.6) is 0 Å². The molecule has 1 unspecified atom stereocenters. The number of aldehydes is 1. The second-order valence-corrected chi connectivity index (χ2v) is 11.9. The Balaban J connectivity index is 2.53. The van der Waals surface area contributed by atoms with Gasteiger partial charge in [0.05, 0.1) is 12.5 Å². The van der Waals surface area contributed by atoms with E-state index >= 15 is 0 Å². The minimum absolute atomic E-state index is 0.139. The van der Waals surface area contributed by atoms with Crippen molar-refractivity contribution in [3.8, 4) is 0 Å². The largest absolute Gasteiger partial charge is 0.450 e. The molecule has 0 bridgehead atoms. The van der Waals surface area contributed by atoms with E-state index in [0.717, 1.165) is 18.8 Å². The highest BCUT2D eigenvalue weighted by Crippen LogP contribution is 2.29. The third-order valence-corrected chi connectivity index (χ3v) is 5.44. The molecular weight excluding hydrogens is 270 g/mol. The molecule has 0 aromatic carbocycles. The zero-order valence-electron chi connectivity index (χ0n) is 11.4. The van der Waals surface area contributed by atoms with Crippen LogP contribution >= 0.6 is 11.6 Å². The molecule has 0 aliphatic carbocycles. The Kier molecular flexibility index (Phi) is 5.22. The summed E-state index contributed by atoms with van der Waals surface area (Å²) >= 11 is 5.84. The van der Waals surface area contributed by atoms with Crippen LogP contribution in [0.15, 0.2) is 0 Å². The summed E-state index contributed by atoms with van der Waals surface area (Å²) in [5.74, 6) is 0.139. The summed E-state index contributed by atoms with van der Waals surface area (Å²) in [6.07, 6.45) is 1.81. The van der Waals surface area contributed by atoms with Crippen molar-refractivity contribution in [2.75, 3.05) is 19.0 Å². The highest BCUT2D eigenvalue weighted by Gasteiger charge is 2.44. The maximum Gasteiger partial charge on any atom is 0.410 e. The molecule has 1 fully saturated rings. The summed E-state index contributed by atoms with van der Waals surface area (Å²) in [4.78, 5) is 24.6. The van der Waals surface area contributed by atoms with Gasteiger partial charge in [0.1, 0.15) is 11.8 Å². The fraction of sp³-hybridized carbons (Fsp3) is 0.833. The van der Waals surface area contributed by atoms with Crippen molar-refractivity contribution < 1.29 is 14.3 Å². The molecule has 18 heavy (non-hydrogen) atoms. The summed E-state index contributed by atoms with van der Waals surface area (Å²) in [6, 6.07) is 0.932. The lowest BCUT2D eigenvalue weighted by Crippen LogP contribution is -2.50. The number of nitrogens with zero attached hydrogens (tertiary/aromatic N) is 1. The van der Waals surface area contributed by atoms with Crippen molar-refractivity contribution in [2.24, 2.45) is 0 Å². The molecule has 1 saturated heterocycles. The number of hydrogen-bond acceptors (Lipinski definition) is 3. The summed E-state index contributed by atoms with van der Waals surface area (Å²) < 4.78 is 5.27. The zero-order valence-corrected chi connectivity index (χ0v) is 13.1. The summed E-state index contributed by atoms with van der Waals surface area (Å²) in [5, 5.41) is 0. The molecule has 1 aliphatic heterocycles. The van der Waals surface area contributed by atoms with E-state index in [1.165, 1.54) is 4.90 Å². The maximum atomic E-state index is 12.0. The first-order valence-corrected chi connectivity index (χ1v) is 10.6. The van der Waals surface area contributed by atoms with Crippen LogP contribution in [0, 0.1) is 0 Å². The van der Waals surface area contributed by atoms with Gasteiger partial charge < -0.3 is 9.53 Å². The Labute approximate surface area is 115 Å². The molecule has 0 aromatic rings. The molecule has 4 nitrogen and oxygen atoms in total. The van der Waals surface area contributed by atoms with E-state index in [1.54, 1.807) is 0 Å². The summed E-state index contributed by atoms with van der Waals surface area (Å²) in [5.41, 5.74) is -0.849. The van der Waals surface area contributed by atoms with Gasteiger partial charge in [-0.3, -0.25) is 4.90 Å². The van der Waals surface area contributed by atoms with E-state index in [-0.39, 0.29) is 5.88 Å². The predicted molar refractivity (Wildman–Crippen MR) is 75.0 cm³/mol. The molecule has 0 saturated carbocycles. The third kappa shape index (κ3) is 3.72. The van der Waals surface area contributed by atoms with Crippen molar-refractivity contribution in [3.63, 3.8) is 0 Å². The Morgan fingerprint density at radius 3 is 2.67 bits per heavy atom. The van der Waals surface area contributed by atoms with E-state index < -0.39 is 19.7 Å². The number of likely N-dealkylation sites (tertiary alicyclic amines) is 1. The van der Waals surface area contributed by atoms with Gasteiger partial charge in [0.25, 0.3) is 0 Å². The zero-order chi connectivity index (χ0) is 13.8. The minimum Gasteiger partial charge on any atom is -0.450 e. The quantitative estimate of drug-likeness (QED) is 0.444. The lowest BCUT2D eigenvalue weighted by atomic mass is 10.0. The van der Waals surface area contributed by atoms with Gasteiger partial charge in [-0.05, 0) is 18.9 Å². The number of carbonyl (C=O) groups excluding carboxylic acids is 2. The molecule has 104 valence electrons. The average molecular weight is 292 g/mol. The number of hydrogen-bond donors (Lipinski definition) is 0. The van der Waals surface area contributed by atoms with Gasteiger partial charge >= 0.3 is 6.09 Å². The van der Waals surface area contributed by atoms with Crippen molar-refractivity contribution in [3.05, 3.63) is 0 Å². The second-order valence-electron chi connectivity index (χ2n) is 6.04. The first-order valence-electron chi connectivity index (χ1n) is 6.31. The molecule has 1 amide bonds. The molecule has 1 aliphatic rings. The molecule has 1 rings (SSSR count). The molecular formula is C12H22ClNO3Si. The van der Waals surface area contributed by atoms with E-state index in [1.807, 2.05) is 0 Å². The van der Waals surface area contributed by atoms with Crippen LogP contribution < -0.4 is 0 Å². The minimum atomic E-state index is -1.21. The number of carbonyl (C=O) groups is 2. The number of amides is 1. The second kappa shape index (κ2) is 6.06. The Morgan fingerprint density at radius 1 is 1.50 bits per heavy atom. The molecule has 0 radical (unpaired) electrons. The standard InChI is InChI=1S/C12H22ClNO3Si/c1-18(2,3)8-7-17-11(16)14-6-4-5-12(14,9-13)10-15/h10H,4-9H2,1-3H3. The van der Waals surface area contributed by atoms with Crippen LogP contribution in [-0.2, 0) is 9.53 Å². The normalized spacial score (nSPS) is 24.1. The molecule has 0 spiro atoms. The Morgan fingerprint density at radius 2 is 2.17 bits per heavy atom. The van der Waals surface area contributed by atoms with E-state index in [2.05, 4.69) is 19.6 Å². The molecule has 1 heterocycles. The lowest BCUT2D eigenvalue weighted by molar-refractivity contribution is -0.115. The van der Waals surface area contributed by atoms with Crippen LogP contribution in [0.2, 0.25) is 25.7 Å². The van der Waals surface area contributed by atoms with E-state index in [9.17, 15) is 9.59 Å². The SMILES string of the molecule is C[Si](C)(C)CCOC(=O)N1CCCC1(C=O)CCl. The van der Waals surface area contributed by atoms with Crippen LogP contribution in [0.3, 0.4) is 0 Å². The maximum absolute atomic E-state index is 12.0. The van der Waals surface area contributed by atoms with Gasteiger partial charge in [0.15, 0.2) is 0 Å². The van der Waals surface area contributed by atoms with Gasteiger partial charge in [-0.25, -0.2) is 4.79 Å². The van der Waals surface area contributed by atoms with E-state index in [4.69, 9.17) is 16.3 Å². The molecule has 1 atom stereocenters. The van der Waals surface area contributed by atoms with Gasteiger partial charge in [0, 0.05) is 14.6 Å². The monoisotopic (exact) mass is 291 g/mol. The highest BCUT2D eigenvalue weighted by atomic mass is 35.5. The first-order chi connectivity index (χ1) is 8.34. The van der Waals surface area contributed by atoms with Gasteiger partial charge in [-0.15, -0.1) is 11.6 Å². The van der Waals surface area contributed by atoms with Crippen LogP contribution in [0.4, 0.5) is 4.79 Å². The van der Waals surface area contributed by atoms with Crippen molar-refractivity contribution in [1.82, 2.24) is 4.90 Å². The van der Waals surface area contributed by atoms with Gasteiger partial charge in [-0.1, -0.05) is 19.6 Å². The predicted octanol–water partition coefficient (Wildman–Crippen LogP) is 2.73. The topological polar surface area (TPSA) is 46.6 Å². The average Bonchev–Trinajstić information content (AvgIpc) is 2.71.